The fourth-order valence-corrected chi connectivity index (χ4v) is 1.51. The predicted molar refractivity (Wildman–Crippen MR) is 60.1 cm³/mol. The van der Waals surface area contributed by atoms with E-state index in [1.165, 1.54) is 4.68 Å². The van der Waals surface area contributed by atoms with Crippen molar-refractivity contribution in [2.45, 2.75) is 20.8 Å². The van der Waals surface area contributed by atoms with Crippen LogP contribution in [0.2, 0.25) is 5.02 Å². The van der Waals surface area contributed by atoms with Gasteiger partial charge in [0.15, 0.2) is 0 Å². The summed E-state index contributed by atoms with van der Waals surface area (Å²) < 4.78 is 1.51. The second-order valence-corrected chi connectivity index (χ2v) is 4.35. The second kappa shape index (κ2) is 4.66. The topological polar surface area (TPSA) is 46.9 Å². The largest absolute Gasteiger partial charge is 0.350 e. The van der Waals surface area contributed by atoms with Gasteiger partial charge in [-0.1, -0.05) is 25.4 Å². The molecule has 1 aromatic rings. The van der Waals surface area contributed by atoms with Crippen molar-refractivity contribution >= 4 is 17.5 Å². The van der Waals surface area contributed by atoms with Gasteiger partial charge in [-0.2, -0.15) is 5.10 Å². The van der Waals surface area contributed by atoms with Gasteiger partial charge in [-0.3, -0.25) is 9.48 Å². The van der Waals surface area contributed by atoms with Crippen LogP contribution in [0.1, 0.15) is 30.0 Å². The lowest BCUT2D eigenvalue weighted by Crippen LogP contribution is -2.29. The molecule has 0 spiro atoms. The summed E-state index contributed by atoms with van der Waals surface area (Å²) in [5.74, 6) is 0.249. The maximum Gasteiger partial charge on any atom is 0.271 e. The molecular formula is C10H16ClN3O. The van der Waals surface area contributed by atoms with Crippen LogP contribution in [0.3, 0.4) is 0 Å². The second-order valence-electron chi connectivity index (χ2n) is 3.98. The third-order valence-corrected chi connectivity index (χ3v) is 2.49. The van der Waals surface area contributed by atoms with Crippen molar-refractivity contribution in [3.05, 3.63) is 16.4 Å². The summed E-state index contributed by atoms with van der Waals surface area (Å²) in [6.07, 6.45) is 0. The number of nitrogens with one attached hydrogen (secondary N) is 1. The smallest absolute Gasteiger partial charge is 0.271 e. The molecule has 15 heavy (non-hydrogen) atoms. The van der Waals surface area contributed by atoms with E-state index < -0.39 is 0 Å². The highest BCUT2D eigenvalue weighted by Gasteiger charge is 2.18. The molecule has 0 aliphatic heterocycles. The van der Waals surface area contributed by atoms with Gasteiger partial charge in [0, 0.05) is 13.6 Å². The average molecular weight is 230 g/mol. The van der Waals surface area contributed by atoms with Crippen LogP contribution in [0.25, 0.3) is 0 Å². The van der Waals surface area contributed by atoms with Gasteiger partial charge in [-0.05, 0) is 12.8 Å². The molecule has 0 atom stereocenters. The Morgan fingerprint density at radius 1 is 1.60 bits per heavy atom. The number of aromatic nitrogens is 2. The standard InChI is InChI=1S/C10H16ClN3O/c1-6(2)5-12-10(15)9-8(11)7(3)13-14(9)4/h6H,5H2,1-4H3,(H,12,15). The molecule has 0 radical (unpaired) electrons. The third kappa shape index (κ3) is 2.72. The fourth-order valence-electron chi connectivity index (χ4n) is 1.26. The molecule has 1 rings (SSSR count). The van der Waals surface area contributed by atoms with Gasteiger partial charge in [0.25, 0.3) is 5.91 Å². The van der Waals surface area contributed by atoms with Crippen molar-refractivity contribution < 1.29 is 4.79 Å². The molecule has 0 saturated carbocycles. The maximum absolute atomic E-state index is 11.7. The SMILES string of the molecule is Cc1nn(C)c(C(=O)NCC(C)C)c1Cl. The number of halogens is 1. The van der Waals surface area contributed by atoms with Crippen molar-refractivity contribution in [1.82, 2.24) is 15.1 Å². The van der Waals surface area contributed by atoms with Gasteiger partial charge in [0.2, 0.25) is 0 Å². The van der Waals surface area contributed by atoms with E-state index >= 15 is 0 Å². The zero-order valence-electron chi connectivity index (χ0n) is 9.47. The van der Waals surface area contributed by atoms with E-state index in [0.717, 1.165) is 0 Å². The molecule has 5 heteroatoms. The lowest BCUT2D eigenvalue weighted by atomic mass is 10.2. The van der Waals surface area contributed by atoms with Crippen LogP contribution in [0.5, 0.6) is 0 Å². The van der Waals surface area contributed by atoms with E-state index in [9.17, 15) is 4.79 Å². The highest BCUT2D eigenvalue weighted by Crippen LogP contribution is 2.18. The number of hydrogen-bond acceptors (Lipinski definition) is 2. The molecule has 0 saturated heterocycles. The van der Waals surface area contributed by atoms with Gasteiger partial charge in [-0.15, -0.1) is 0 Å². The van der Waals surface area contributed by atoms with Crippen LogP contribution < -0.4 is 5.32 Å². The van der Waals surface area contributed by atoms with Gasteiger partial charge in [0.1, 0.15) is 5.69 Å². The summed E-state index contributed by atoms with van der Waals surface area (Å²) in [4.78, 5) is 11.7. The molecule has 84 valence electrons. The molecule has 0 aliphatic rings. The molecule has 1 N–H and O–H groups in total. The first-order valence-electron chi connectivity index (χ1n) is 4.90. The highest BCUT2D eigenvalue weighted by atomic mass is 35.5. The summed E-state index contributed by atoms with van der Waals surface area (Å²) >= 11 is 5.98. The lowest BCUT2D eigenvalue weighted by molar-refractivity contribution is 0.0939. The molecule has 0 aromatic carbocycles. The number of carbonyl (C=O) groups is 1. The van der Waals surface area contributed by atoms with Crippen LogP contribution in [0.15, 0.2) is 0 Å². The van der Waals surface area contributed by atoms with Gasteiger partial charge >= 0.3 is 0 Å². The lowest BCUT2D eigenvalue weighted by Gasteiger charge is -2.07. The first-order valence-corrected chi connectivity index (χ1v) is 5.28. The van der Waals surface area contributed by atoms with E-state index in [2.05, 4.69) is 10.4 Å². The summed E-state index contributed by atoms with van der Waals surface area (Å²) in [6.45, 7) is 6.49. The molecule has 1 amide bonds. The first-order chi connectivity index (χ1) is 6.93. The van der Waals surface area contributed by atoms with Crippen LogP contribution in [0.4, 0.5) is 0 Å². The summed E-state index contributed by atoms with van der Waals surface area (Å²) in [6, 6.07) is 0. The molecule has 0 unspecified atom stereocenters. The van der Waals surface area contributed by atoms with Crippen molar-refractivity contribution in [3.8, 4) is 0 Å². The number of aryl methyl sites for hydroxylation is 2. The van der Waals surface area contributed by atoms with Crippen molar-refractivity contribution in [2.24, 2.45) is 13.0 Å². The number of rotatable bonds is 3. The van der Waals surface area contributed by atoms with Crippen molar-refractivity contribution in [2.75, 3.05) is 6.54 Å². The van der Waals surface area contributed by atoms with E-state index in [1.54, 1.807) is 14.0 Å². The Bertz CT molecular complexity index is 371. The minimum absolute atomic E-state index is 0.170. The van der Waals surface area contributed by atoms with E-state index in [1.807, 2.05) is 13.8 Å². The van der Waals surface area contributed by atoms with E-state index in [-0.39, 0.29) is 5.91 Å². The molecule has 0 bridgehead atoms. The van der Waals surface area contributed by atoms with Crippen LogP contribution in [-0.2, 0) is 7.05 Å². The minimum Gasteiger partial charge on any atom is -0.350 e. The zero-order valence-corrected chi connectivity index (χ0v) is 10.2. The number of hydrogen-bond donors (Lipinski definition) is 1. The molecule has 4 nitrogen and oxygen atoms in total. The average Bonchev–Trinajstić information content (AvgIpc) is 2.37. The van der Waals surface area contributed by atoms with Crippen LogP contribution in [0, 0.1) is 12.8 Å². The summed E-state index contributed by atoms with van der Waals surface area (Å²) in [7, 11) is 1.71. The van der Waals surface area contributed by atoms with E-state index in [4.69, 9.17) is 11.6 Å². The highest BCUT2D eigenvalue weighted by molar-refractivity contribution is 6.34. The molecule has 1 aromatic heterocycles. The predicted octanol–water partition coefficient (Wildman–Crippen LogP) is 1.77. The Labute approximate surface area is 94.6 Å². The number of nitrogens with zero attached hydrogens (tertiary/aromatic N) is 2. The summed E-state index contributed by atoms with van der Waals surface area (Å²) in [5, 5.41) is 7.32. The first kappa shape index (κ1) is 12.0. The maximum atomic E-state index is 11.7. The Morgan fingerprint density at radius 3 is 2.60 bits per heavy atom. The van der Waals surface area contributed by atoms with Gasteiger partial charge in [-0.25, -0.2) is 0 Å². The monoisotopic (exact) mass is 229 g/mol. The Morgan fingerprint density at radius 2 is 2.20 bits per heavy atom. The van der Waals surface area contributed by atoms with Crippen molar-refractivity contribution in [3.63, 3.8) is 0 Å². The minimum atomic E-state index is -0.170. The van der Waals surface area contributed by atoms with E-state index in [0.29, 0.717) is 28.9 Å². The molecule has 1 heterocycles. The Hall–Kier alpha value is -1.03. The molecular weight excluding hydrogens is 214 g/mol. The Kier molecular flexibility index (Phi) is 3.74. The fraction of sp³-hybridized carbons (Fsp3) is 0.600. The number of carbonyl (C=O) groups excluding carboxylic acids is 1. The molecule has 0 fully saturated rings. The van der Waals surface area contributed by atoms with Crippen LogP contribution >= 0.6 is 11.6 Å². The van der Waals surface area contributed by atoms with Crippen LogP contribution in [-0.4, -0.2) is 22.2 Å². The summed E-state index contributed by atoms with van der Waals surface area (Å²) in [5.41, 5.74) is 1.10. The molecule has 0 aliphatic carbocycles. The quantitative estimate of drug-likeness (QED) is 0.859. The normalized spacial score (nSPS) is 10.8. The van der Waals surface area contributed by atoms with Gasteiger partial charge < -0.3 is 5.32 Å². The Balaban J connectivity index is 2.82. The number of amides is 1. The third-order valence-electron chi connectivity index (χ3n) is 2.04. The zero-order chi connectivity index (χ0) is 11.6. The van der Waals surface area contributed by atoms with Gasteiger partial charge in [0.05, 0.1) is 10.7 Å². The van der Waals surface area contributed by atoms with Crippen molar-refractivity contribution in [1.29, 1.82) is 0 Å².